The SMILES string of the molecule is Cc1ccc(N(C)c2cc(N)c(C)cn2)c(C)c1. The highest BCUT2D eigenvalue weighted by Gasteiger charge is 2.09. The molecule has 2 rings (SSSR count). The quantitative estimate of drug-likeness (QED) is 0.876. The Morgan fingerprint density at radius 3 is 2.39 bits per heavy atom. The largest absolute Gasteiger partial charge is 0.398 e. The van der Waals surface area contributed by atoms with Gasteiger partial charge < -0.3 is 10.6 Å². The molecule has 0 saturated heterocycles. The second kappa shape index (κ2) is 4.69. The van der Waals surface area contributed by atoms with Gasteiger partial charge in [0.1, 0.15) is 5.82 Å². The van der Waals surface area contributed by atoms with Gasteiger partial charge in [-0.1, -0.05) is 17.7 Å². The number of nitrogens with zero attached hydrogens (tertiary/aromatic N) is 2. The maximum Gasteiger partial charge on any atom is 0.134 e. The van der Waals surface area contributed by atoms with E-state index in [9.17, 15) is 0 Å². The summed E-state index contributed by atoms with van der Waals surface area (Å²) in [5.41, 5.74) is 11.4. The van der Waals surface area contributed by atoms with E-state index in [1.54, 1.807) is 0 Å². The molecule has 0 aliphatic carbocycles. The molecule has 0 bridgehead atoms. The van der Waals surface area contributed by atoms with E-state index < -0.39 is 0 Å². The zero-order chi connectivity index (χ0) is 13.3. The van der Waals surface area contributed by atoms with Crippen LogP contribution in [0.3, 0.4) is 0 Å². The molecule has 0 amide bonds. The average molecular weight is 241 g/mol. The first kappa shape index (κ1) is 12.4. The van der Waals surface area contributed by atoms with E-state index in [0.717, 1.165) is 22.8 Å². The van der Waals surface area contributed by atoms with Gasteiger partial charge in [0.25, 0.3) is 0 Å². The third-order valence-corrected chi connectivity index (χ3v) is 3.19. The highest BCUT2D eigenvalue weighted by molar-refractivity contribution is 5.66. The number of hydrogen-bond acceptors (Lipinski definition) is 3. The predicted octanol–water partition coefficient (Wildman–Crippen LogP) is 3.36. The summed E-state index contributed by atoms with van der Waals surface area (Å²) in [5, 5.41) is 0. The van der Waals surface area contributed by atoms with Crippen molar-refractivity contribution in [2.24, 2.45) is 0 Å². The lowest BCUT2D eigenvalue weighted by Crippen LogP contribution is -2.13. The number of benzene rings is 1. The van der Waals surface area contributed by atoms with Crippen molar-refractivity contribution in [3.8, 4) is 0 Å². The van der Waals surface area contributed by atoms with E-state index in [-0.39, 0.29) is 0 Å². The van der Waals surface area contributed by atoms with E-state index in [1.165, 1.54) is 11.1 Å². The van der Waals surface area contributed by atoms with E-state index in [2.05, 4.69) is 41.9 Å². The number of nitrogens with two attached hydrogens (primary N) is 1. The van der Waals surface area contributed by atoms with Crippen molar-refractivity contribution in [2.45, 2.75) is 20.8 Å². The molecule has 3 heteroatoms. The Balaban J connectivity index is 2.41. The van der Waals surface area contributed by atoms with Crippen LogP contribution in [0, 0.1) is 20.8 Å². The average Bonchev–Trinajstić information content (AvgIpc) is 2.32. The number of aryl methyl sites for hydroxylation is 3. The van der Waals surface area contributed by atoms with Crippen LogP contribution in [0.2, 0.25) is 0 Å². The molecule has 3 nitrogen and oxygen atoms in total. The van der Waals surface area contributed by atoms with Gasteiger partial charge in [-0.3, -0.25) is 0 Å². The molecule has 2 N–H and O–H groups in total. The Morgan fingerprint density at radius 2 is 1.78 bits per heavy atom. The zero-order valence-corrected chi connectivity index (χ0v) is 11.4. The number of pyridine rings is 1. The maximum atomic E-state index is 5.93. The second-order valence-corrected chi connectivity index (χ2v) is 4.75. The normalized spacial score (nSPS) is 10.4. The Morgan fingerprint density at radius 1 is 1.06 bits per heavy atom. The molecule has 2 aromatic rings. The molecule has 0 unspecified atom stereocenters. The standard InChI is InChI=1S/C15H19N3/c1-10-5-6-14(11(2)7-10)18(4)15-8-13(16)12(3)9-17-15/h5-9H,1-4H3,(H2,16,17). The first-order valence-electron chi connectivity index (χ1n) is 6.02. The molecule has 0 aliphatic heterocycles. The van der Waals surface area contributed by atoms with Crippen LogP contribution in [0.1, 0.15) is 16.7 Å². The first-order valence-corrected chi connectivity index (χ1v) is 6.02. The van der Waals surface area contributed by atoms with Gasteiger partial charge in [-0.2, -0.15) is 0 Å². The number of hydrogen-bond donors (Lipinski definition) is 1. The van der Waals surface area contributed by atoms with Crippen molar-refractivity contribution < 1.29 is 0 Å². The van der Waals surface area contributed by atoms with Gasteiger partial charge in [-0.25, -0.2) is 4.98 Å². The molecule has 94 valence electrons. The summed E-state index contributed by atoms with van der Waals surface area (Å²) in [6, 6.07) is 8.30. The Labute approximate surface area is 108 Å². The predicted molar refractivity (Wildman–Crippen MR) is 77.4 cm³/mol. The van der Waals surface area contributed by atoms with E-state index >= 15 is 0 Å². The minimum atomic E-state index is 0.775. The van der Waals surface area contributed by atoms with Gasteiger partial charge in [-0.05, 0) is 38.0 Å². The molecule has 1 aromatic carbocycles. The lowest BCUT2D eigenvalue weighted by Gasteiger charge is -2.21. The van der Waals surface area contributed by atoms with Crippen molar-refractivity contribution >= 4 is 17.2 Å². The second-order valence-electron chi connectivity index (χ2n) is 4.75. The minimum Gasteiger partial charge on any atom is -0.398 e. The van der Waals surface area contributed by atoms with E-state index in [0.29, 0.717) is 0 Å². The molecule has 0 fully saturated rings. The van der Waals surface area contributed by atoms with Crippen LogP contribution in [0.4, 0.5) is 17.2 Å². The summed E-state index contributed by atoms with van der Waals surface area (Å²) >= 11 is 0. The van der Waals surface area contributed by atoms with Crippen LogP contribution in [0.5, 0.6) is 0 Å². The van der Waals surface area contributed by atoms with Crippen LogP contribution >= 0.6 is 0 Å². The number of anilines is 3. The van der Waals surface area contributed by atoms with Gasteiger partial charge in [0.15, 0.2) is 0 Å². The lowest BCUT2D eigenvalue weighted by molar-refractivity contribution is 1.10. The fraction of sp³-hybridized carbons (Fsp3) is 0.267. The molecule has 0 spiro atoms. The fourth-order valence-corrected chi connectivity index (χ4v) is 2.02. The van der Waals surface area contributed by atoms with Crippen molar-refractivity contribution in [1.29, 1.82) is 0 Å². The van der Waals surface area contributed by atoms with Gasteiger partial charge >= 0.3 is 0 Å². The molecule has 0 radical (unpaired) electrons. The van der Waals surface area contributed by atoms with Crippen molar-refractivity contribution in [3.05, 3.63) is 47.2 Å². The highest BCUT2D eigenvalue weighted by Crippen LogP contribution is 2.27. The summed E-state index contributed by atoms with van der Waals surface area (Å²) in [4.78, 5) is 6.48. The Hall–Kier alpha value is -2.03. The van der Waals surface area contributed by atoms with Gasteiger partial charge in [0.2, 0.25) is 0 Å². The topological polar surface area (TPSA) is 42.1 Å². The monoisotopic (exact) mass is 241 g/mol. The van der Waals surface area contributed by atoms with Crippen LogP contribution in [-0.2, 0) is 0 Å². The Kier molecular flexibility index (Phi) is 3.24. The first-order chi connectivity index (χ1) is 8.49. The maximum absolute atomic E-state index is 5.93. The molecular weight excluding hydrogens is 222 g/mol. The molecule has 1 aromatic heterocycles. The molecule has 1 heterocycles. The zero-order valence-electron chi connectivity index (χ0n) is 11.4. The lowest BCUT2D eigenvalue weighted by atomic mass is 10.1. The molecule has 18 heavy (non-hydrogen) atoms. The van der Waals surface area contributed by atoms with Crippen molar-refractivity contribution in [3.63, 3.8) is 0 Å². The summed E-state index contributed by atoms with van der Waals surface area (Å²) in [7, 11) is 2.01. The summed E-state index contributed by atoms with van der Waals surface area (Å²) in [6.45, 7) is 6.17. The molecule has 0 saturated carbocycles. The number of rotatable bonds is 2. The van der Waals surface area contributed by atoms with E-state index in [1.807, 2.05) is 26.2 Å². The Bertz CT molecular complexity index is 576. The number of aromatic nitrogens is 1. The smallest absolute Gasteiger partial charge is 0.134 e. The third-order valence-electron chi connectivity index (χ3n) is 3.19. The minimum absolute atomic E-state index is 0.775. The van der Waals surface area contributed by atoms with Gasteiger partial charge in [0, 0.05) is 30.7 Å². The highest BCUT2D eigenvalue weighted by atomic mass is 15.2. The summed E-state index contributed by atoms with van der Waals surface area (Å²) < 4.78 is 0. The van der Waals surface area contributed by atoms with E-state index in [4.69, 9.17) is 5.73 Å². The van der Waals surface area contributed by atoms with Crippen LogP contribution < -0.4 is 10.6 Å². The van der Waals surface area contributed by atoms with Crippen LogP contribution in [0.25, 0.3) is 0 Å². The van der Waals surface area contributed by atoms with Gasteiger partial charge in [0.05, 0.1) is 0 Å². The summed E-state index contributed by atoms with van der Waals surface area (Å²) in [6.07, 6.45) is 1.81. The van der Waals surface area contributed by atoms with Crippen molar-refractivity contribution in [2.75, 3.05) is 17.7 Å². The molecule has 0 aliphatic rings. The third kappa shape index (κ3) is 2.30. The van der Waals surface area contributed by atoms with Gasteiger partial charge in [-0.15, -0.1) is 0 Å². The van der Waals surface area contributed by atoms with Crippen LogP contribution in [0.15, 0.2) is 30.5 Å². The molecular formula is C15H19N3. The summed E-state index contributed by atoms with van der Waals surface area (Å²) in [5.74, 6) is 0.866. The van der Waals surface area contributed by atoms with Crippen LogP contribution in [-0.4, -0.2) is 12.0 Å². The molecule has 0 atom stereocenters. The fourth-order valence-electron chi connectivity index (χ4n) is 2.02. The van der Waals surface area contributed by atoms with Crippen molar-refractivity contribution in [1.82, 2.24) is 4.98 Å². The number of nitrogen functional groups attached to an aromatic ring is 1.